The molecule has 0 saturated heterocycles. The molecule has 1 N–H and O–H groups in total. The van der Waals surface area contributed by atoms with Crippen molar-refractivity contribution in [3.05, 3.63) is 64.7 Å². The van der Waals surface area contributed by atoms with Gasteiger partial charge in [0.15, 0.2) is 0 Å². The Bertz CT molecular complexity index is 1140. The number of carbonyl (C=O) groups excluding carboxylic acids is 3. The van der Waals surface area contributed by atoms with E-state index in [-0.39, 0.29) is 35.9 Å². The van der Waals surface area contributed by atoms with Crippen LogP contribution in [0.4, 0.5) is 0 Å². The first-order chi connectivity index (χ1) is 14.7. The molecule has 0 aliphatic carbocycles. The van der Waals surface area contributed by atoms with Gasteiger partial charge in [0.25, 0.3) is 15.9 Å². The van der Waals surface area contributed by atoms with Crippen molar-refractivity contribution in [1.82, 2.24) is 14.5 Å². The van der Waals surface area contributed by atoms with Crippen LogP contribution < -0.4 is 5.32 Å². The molecule has 2 aromatic carbocycles. The van der Waals surface area contributed by atoms with Gasteiger partial charge in [0.1, 0.15) is 10.9 Å². The van der Waals surface area contributed by atoms with Gasteiger partial charge in [-0.15, -0.1) is 0 Å². The number of carbonyl (C=O) groups is 3. The Kier molecular flexibility index (Phi) is 6.66. The molecule has 31 heavy (non-hydrogen) atoms. The Balaban J connectivity index is 1.79. The molecular formula is C21H22ClN3O5S. The highest BCUT2D eigenvalue weighted by molar-refractivity contribution is 7.90. The normalized spacial score (nSPS) is 15.3. The molecule has 0 bridgehead atoms. The van der Waals surface area contributed by atoms with Gasteiger partial charge in [-0.05, 0) is 36.8 Å². The van der Waals surface area contributed by atoms with E-state index in [9.17, 15) is 22.8 Å². The lowest BCUT2D eigenvalue weighted by molar-refractivity contribution is -0.140. The van der Waals surface area contributed by atoms with Crippen LogP contribution in [-0.2, 0) is 26.2 Å². The summed E-state index contributed by atoms with van der Waals surface area (Å²) in [6.45, 7) is 1.37. The van der Waals surface area contributed by atoms with Crippen LogP contribution in [0.1, 0.15) is 29.3 Å². The highest BCUT2D eigenvalue weighted by atomic mass is 35.5. The standard InChI is InChI=1S/C21H22ClN3O5S/c1-14(20(27)23-2)24(13-15-6-5-7-16(22)12-15)19(26)10-11-25-21(28)17-8-3-4-9-18(17)31(25,29)30/h3-9,12,14H,10-11,13H2,1-2H3,(H,23,27)/t14-/m1/s1. The second-order valence-electron chi connectivity index (χ2n) is 7.07. The number of likely N-dealkylation sites (N-methyl/N-ethyl adjacent to an activating group) is 1. The van der Waals surface area contributed by atoms with Crippen molar-refractivity contribution in [3.8, 4) is 0 Å². The summed E-state index contributed by atoms with van der Waals surface area (Å²) in [6, 6.07) is 12.0. The molecule has 0 spiro atoms. The number of benzene rings is 2. The van der Waals surface area contributed by atoms with Gasteiger partial charge < -0.3 is 10.2 Å². The van der Waals surface area contributed by atoms with E-state index in [2.05, 4.69) is 5.32 Å². The second kappa shape index (κ2) is 9.07. The molecule has 1 aliphatic heterocycles. The minimum absolute atomic E-state index is 0.0676. The molecule has 1 atom stereocenters. The molecule has 3 amide bonds. The fourth-order valence-electron chi connectivity index (χ4n) is 3.42. The Hall–Kier alpha value is -2.91. The molecule has 8 nitrogen and oxygen atoms in total. The molecular weight excluding hydrogens is 442 g/mol. The summed E-state index contributed by atoms with van der Waals surface area (Å²) >= 11 is 6.02. The van der Waals surface area contributed by atoms with Gasteiger partial charge in [-0.25, -0.2) is 12.7 Å². The Labute approximate surface area is 185 Å². The molecule has 0 fully saturated rings. The van der Waals surface area contributed by atoms with Gasteiger partial charge in [-0.2, -0.15) is 0 Å². The maximum absolute atomic E-state index is 13.0. The van der Waals surface area contributed by atoms with E-state index in [0.717, 1.165) is 0 Å². The van der Waals surface area contributed by atoms with Crippen LogP contribution in [0.15, 0.2) is 53.4 Å². The number of sulfonamides is 1. The van der Waals surface area contributed by atoms with Crippen LogP contribution in [0.5, 0.6) is 0 Å². The summed E-state index contributed by atoms with van der Waals surface area (Å²) in [5, 5.41) is 3.00. The highest BCUT2D eigenvalue weighted by Gasteiger charge is 2.41. The molecule has 0 radical (unpaired) electrons. The zero-order chi connectivity index (χ0) is 22.8. The third-order valence-corrected chi connectivity index (χ3v) is 7.17. The third-order valence-electron chi connectivity index (χ3n) is 5.10. The summed E-state index contributed by atoms with van der Waals surface area (Å²) in [7, 11) is -2.54. The van der Waals surface area contributed by atoms with Crippen LogP contribution in [0.3, 0.4) is 0 Å². The average Bonchev–Trinajstić information content (AvgIpc) is 2.95. The summed E-state index contributed by atoms with van der Waals surface area (Å²) in [5.74, 6) is -1.49. The van der Waals surface area contributed by atoms with Crippen molar-refractivity contribution >= 4 is 39.3 Å². The van der Waals surface area contributed by atoms with Crippen molar-refractivity contribution < 1.29 is 22.8 Å². The van der Waals surface area contributed by atoms with Crippen LogP contribution in [0, 0.1) is 0 Å². The molecule has 1 aliphatic rings. The van der Waals surface area contributed by atoms with E-state index in [1.165, 1.54) is 30.1 Å². The number of amides is 3. The summed E-state index contributed by atoms with van der Waals surface area (Å²) < 4.78 is 26.1. The van der Waals surface area contributed by atoms with Crippen molar-refractivity contribution in [2.75, 3.05) is 13.6 Å². The Morgan fingerprint density at radius 2 is 1.87 bits per heavy atom. The van der Waals surface area contributed by atoms with Crippen LogP contribution >= 0.6 is 11.6 Å². The number of rotatable bonds is 7. The van der Waals surface area contributed by atoms with E-state index in [1.807, 2.05) is 0 Å². The number of fused-ring (bicyclic) bond motifs is 1. The molecule has 0 aromatic heterocycles. The molecule has 10 heteroatoms. The minimum atomic E-state index is -4.01. The van der Waals surface area contributed by atoms with Gasteiger partial charge in [0, 0.05) is 31.6 Å². The first kappa shape index (κ1) is 22.8. The first-order valence-corrected chi connectivity index (χ1v) is 11.4. The maximum Gasteiger partial charge on any atom is 0.269 e. The molecule has 1 heterocycles. The smallest absolute Gasteiger partial charge is 0.269 e. The molecule has 0 unspecified atom stereocenters. The zero-order valence-corrected chi connectivity index (χ0v) is 18.6. The quantitative estimate of drug-likeness (QED) is 0.676. The summed E-state index contributed by atoms with van der Waals surface area (Å²) in [6.07, 6.45) is -0.263. The predicted octanol–water partition coefficient (Wildman–Crippen LogP) is 2.04. The fraction of sp³-hybridized carbons (Fsp3) is 0.286. The number of halogens is 1. The van der Waals surface area contributed by atoms with Crippen molar-refractivity contribution in [1.29, 1.82) is 0 Å². The largest absolute Gasteiger partial charge is 0.357 e. The van der Waals surface area contributed by atoms with E-state index in [4.69, 9.17) is 11.6 Å². The van der Waals surface area contributed by atoms with Crippen LogP contribution in [-0.4, -0.2) is 55.0 Å². The SMILES string of the molecule is CNC(=O)[C@@H](C)N(Cc1cccc(Cl)c1)C(=O)CCN1C(=O)c2ccccc2S1(=O)=O. The van der Waals surface area contributed by atoms with E-state index < -0.39 is 27.9 Å². The van der Waals surface area contributed by atoms with Gasteiger partial charge in [0.05, 0.1) is 5.56 Å². The number of nitrogens with one attached hydrogen (secondary N) is 1. The van der Waals surface area contributed by atoms with Crippen molar-refractivity contribution in [2.24, 2.45) is 0 Å². The Morgan fingerprint density at radius 1 is 1.16 bits per heavy atom. The van der Waals surface area contributed by atoms with E-state index >= 15 is 0 Å². The monoisotopic (exact) mass is 463 g/mol. The van der Waals surface area contributed by atoms with Crippen LogP contribution in [0.25, 0.3) is 0 Å². The lowest BCUT2D eigenvalue weighted by atomic mass is 10.1. The van der Waals surface area contributed by atoms with E-state index in [1.54, 1.807) is 37.3 Å². The molecule has 2 aromatic rings. The predicted molar refractivity (Wildman–Crippen MR) is 115 cm³/mol. The Morgan fingerprint density at radius 3 is 2.52 bits per heavy atom. The highest BCUT2D eigenvalue weighted by Crippen LogP contribution is 2.30. The average molecular weight is 464 g/mol. The van der Waals surface area contributed by atoms with E-state index in [0.29, 0.717) is 14.9 Å². The van der Waals surface area contributed by atoms with Crippen molar-refractivity contribution in [2.45, 2.75) is 30.8 Å². The minimum Gasteiger partial charge on any atom is -0.357 e. The lowest BCUT2D eigenvalue weighted by Gasteiger charge is -2.29. The second-order valence-corrected chi connectivity index (χ2v) is 9.34. The number of hydrogen-bond donors (Lipinski definition) is 1. The third kappa shape index (κ3) is 4.57. The van der Waals surface area contributed by atoms with Gasteiger partial charge in [-0.1, -0.05) is 35.9 Å². The summed E-state index contributed by atoms with van der Waals surface area (Å²) in [4.78, 5) is 39.0. The topological polar surface area (TPSA) is 104 Å². The number of nitrogens with zero attached hydrogens (tertiary/aromatic N) is 2. The van der Waals surface area contributed by atoms with Gasteiger partial charge in [0.2, 0.25) is 11.8 Å². The zero-order valence-electron chi connectivity index (χ0n) is 17.0. The van der Waals surface area contributed by atoms with Crippen molar-refractivity contribution in [3.63, 3.8) is 0 Å². The first-order valence-electron chi connectivity index (χ1n) is 9.58. The van der Waals surface area contributed by atoms with Gasteiger partial charge >= 0.3 is 0 Å². The fourth-order valence-corrected chi connectivity index (χ4v) is 5.20. The lowest BCUT2D eigenvalue weighted by Crippen LogP contribution is -2.47. The van der Waals surface area contributed by atoms with Gasteiger partial charge in [-0.3, -0.25) is 14.4 Å². The number of hydrogen-bond acceptors (Lipinski definition) is 5. The molecule has 164 valence electrons. The molecule has 0 saturated carbocycles. The van der Waals surface area contributed by atoms with Crippen LogP contribution in [0.2, 0.25) is 5.02 Å². The summed E-state index contributed by atoms with van der Waals surface area (Å²) in [5.41, 5.74) is 0.804. The maximum atomic E-state index is 13.0. The molecule has 3 rings (SSSR count).